The highest BCUT2D eigenvalue weighted by Crippen LogP contribution is 2.34. The van der Waals surface area contributed by atoms with E-state index in [2.05, 4.69) is 37.3 Å². The Bertz CT molecular complexity index is 899. The van der Waals surface area contributed by atoms with Gasteiger partial charge in [0.05, 0.1) is 10.2 Å². The second-order valence-corrected chi connectivity index (χ2v) is 7.15. The molecule has 3 rings (SSSR count). The van der Waals surface area contributed by atoms with Crippen LogP contribution in [-0.2, 0) is 9.59 Å². The van der Waals surface area contributed by atoms with Crippen molar-refractivity contribution in [2.24, 2.45) is 0 Å². The average Bonchev–Trinajstić information content (AvgIpc) is 2.80. The SMILES string of the molecule is O=C1NN(c2cccc(Cl)c2)C(=O)/C1=C\c1cc(Br)cc(Br)c1O. The summed E-state index contributed by atoms with van der Waals surface area (Å²) in [4.78, 5) is 24.7. The number of nitrogens with zero attached hydrogens (tertiary/aromatic N) is 1. The van der Waals surface area contributed by atoms with Gasteiger partial charge in [-0.2, -0.15) is 0 Å². The van der Waals surface area contributed by atoms with Crippen LogP contribution >= 0.6 is 43.5 Å². The van der Waals surface area contributed by atoms with Crippen LogP contribution in [0.25, 0.3) is 6.08 Å². The van der Waals surface area contributed by atoms with E-state index in [-0.39, 0.29) is 11.3 Å². The lowest BCUT2D eigenvalue weighted by molar-refractivity contribution is -0.117. The van der Waals surface area contributed by atoms with Crippen LogP contribution in [0.2, 0.25) is 5.02 Å². The molecule has 0 aromatic heterocycles. The Morgan fingerprint density at radius 2 is 1.92 bits per heavy atom. The van der Waals surface area contributed by atoms with Gasteiger partial charge in [0.2, 0.25) is 0 Å². The molecule has 0 saturated carbocycles. The van der Waals surface area contributed by atoms with Crippen molar-refractivity contribution in [1.82, 2.24) is 5.43 Å². The van der Waals surface area contributed by atoms with Gasteiger partial charge in [0.15, 0.2) is 0 Å². The highest BCUT2D eigenvalue weighted by molar-refractivity contribution is 9.11. The van der Waals surface area contributed by atoms with Gasteiger partial charge >= 0.3 is 0 Å². The first-order chi connectivity index (χ1) is 11.4. The Labute approximate surface area is 159 Å². The molecule has 8 heteroatoms. The van der Waals surface area contributed by atoms with Crippen molar-refractivity contribution < 1.29 is 14.7 Å². The van der Waals surface area contributed by atoms with Crippen LogP contribution in [0.4, 0.5) is 5.69 Å². The van der Waals surface area contributed by atoms with Crippen LogP contribution in [0.15, 0.2) is 50.9 Å². The predicted molar refractivity (Wildman–Crippen MR) is 98.6 cm³/mol. The molecule has 24 heavy (non-hydrogen) atoms. The maximum absolute atomic E-state index is 12.5. The number of hydrazine groups is 1. The zero-order valence-electron chi connectivity index (χ0n) is 11.9. The van der Waals surface area contributed by atoms with Gasteiger partial charge in [0.1, 0.15) is 11.3 Å². The summed E-state index contributed by atoms with van der Waals surface area (Å²) in [6, 6.07) is 9.83. The molecule has 0 unspecified atom stereocenters. The van der Waals surface area contributed by atoms with E-state index in [1.54, 1.807) is 36.4 Å². The van der Waals surface area contributed by atoms with Crippen molar-refractivity contribution in [2.45, 2.75) is 0 Å². The largest absolute Gasteiger partial charge is 0.506 e. The molecule has 0 bridgehead atoms. The predicted octanol–water partition coefficient (Wildman–Crippen LogP) is 4.03. The summed E-state index contributed by atoms with van der Waals surface area (Å²) in [5.41, 5.74) is 3.18. The monoisotopic (exact) mass is 470 g/mol. The van der Waals surface area contributed by atoms with Gasteiger partial charge < -0.3 is 5.11 Å². The molecule has 0 radical (unpaired) electrons. The van der Waals surface area contributed by atoms with Gasteiger partial charge in [0, 0.05) is 15.1 Å². The quantitative estimate of drug-likeness (QED) is 0.512. The highest BCUT2D eigenvalue weighted by Gasteiger charge is 2.34. The number of aromatic hydroxyl groups is 1. The van der Waals surface area contributed by atoms with Crippen LogP contribution in [0.3, 0.4) is 0 Å². The Balaban J connectivity index is 2.01. The third kappa shape index (κ3) is 3.19. The lowest BCUT2D eigenvalue weighted by Crippen LogP contribution is -2.35. The van der Waals surface area contributed by atoms with Crippen LogP contribution in [0.1, 0.15) is 5.56 Å². The van der Waals surface area contributed by atoms with E-state index < -0.39 is 11.8 Å². The fraction of sp³-hybridized carbons (Fsp3) is 0. The first-order valence-corrected chi connectivity index (χ1v) is 8.64. The van der Waals surface area contributed by atoms with Crippen LogP contribution in [-0.4, -0.2) is 16.9 Å². The Hall–Kier alpha value is -1.83. The highest BCUT2D eigenvalue weighted by atomic mass is 79.9. The number of rotatable bonds is 2. The first-order valence-electron chi connectivity index (χ1n) is 6.67. The van der Waals surface area contributed by atoms with E-state index in [1.165, 1.54) is 6.08 Å². The molecule has 0 atom stereocenters. The van der Waals surface area contributed by atoms with Crippen LogP contribution in [0.5, 0.6) is 5.75 Å². The van der Waals surface area contributed by atoms with Crippen LogP contribution < -0.4 is 10.4 Å². The molecule has 0 spiro atoms. The topological polar surface area (TPSA) is 69.6 Å². The van der Waals surface area contributed by atoms with Gasteiger partial charge in [-0.25, -0.2) is 5.01 Å². The zero-order valence-corrected chi connectivity index (χ0v) is 15.8. The minimum atomic E-state index is -0.560. The second-order valence-electron chi connectivity index (χ2n) is 4.94. The average molecular weight is 473 g/mol. The standard InChI is InChI=1S/C16H9Br2ClN2O3/c17-9-4-8(14(22)13(18)6-9)5-12-15(23)20-21(16(12)24)11-3-1-2-10(19)7-11/h1-7,22H,(H,20,23)/b12-5-. The van der Waals surface area contributed by atoms with Crippen molar-refractivity contribution in [3.63, 3.8) is 0 Å². The molecule has 1 aliphatic heterocycles. The van der Waals surface area contributed by atoms with E-state index in [4.69, 9.17) is 11.6 Å². The third-order valence-electron chi connectivity index (χ3n) is 3.32. The number of carbonyl (C=O) groups excluding carboxylic acids is 2. The molecule has 1 heterocycles. The van der Waals surface area contributed by atoms with Crippen LogP contribution in [0, 0.1) is 0 Å². The number of amides is 2. The molecule has 5 nitrogen and oxygen atoms in total. The van der Waals surface area contributed by atoms with Gasteiger partial charge in [-0.05, 0) is 52.3 Å². The summed E-state index contributed by atoms with van der Waals surface area (Å²) in [6.45, 7) is 0. The smallest absolute Gasteiger partial charge is 0.282 e. The molecule has 1 aliphatic rings. The summed E-state index contributed by atoms with van der Waals surface area (Å²) in [5, 5.41) is 11.6. The van der Waals surface area contributed by atoms with E-state index in [0.717, 1.165) is 5.01 Å². The fourth-order valence-corrected chi connectivity index (χ4v) is 3.65. The van der Waals surface area contributed by atoms with E-state index in [9.17, 15) is 14.7 Å². The lowest BCUT2D eigenvalue weighted by Gasteiger charge is -2.14. The summed E-state index contributed by atoms with van der Waals surface area (Å²) in [5.74, 6) is -1.15. The molecule has 2 aromatic carbocycles. The summed E-state index contributed by atoms with van der Waals surface area (Å²) in [6.07, 6.45) is 1.34. The summed E-state index contributed by atoms with van der Waals surface area (Å²) >= 11 is 12.4. The molecular weight excluding hydrogens is 463 g/mol. The number of nitrogens with one attached hydrogen (secondary N) is 1. The number of carbonyl (C=O) groups is 2. The minimum Gasteiger partial charge on any atom is -0.506 e. The number of halogens is 3. The first kappa shape index (κ1) is 17.0. The lowest BCUT2D eigenvalue weighted by atomic mass is 10.1. The molecule has 1 saturated heterocycles. The number of phenolic OH excluding ortho intramolecular Hbond substituents is 1. The third-order valence-corrected chi connectivity index (χ3v) is 4.61. The van der Waals surface area contributed by atoms with Crippen molar-refractivity contribution >= 4 is 67.0 Å². The van der Waals surface area contributed by atoms with Gasteiger partial charge in [-0.1, -0.05) is 33.6 Å². The van der Waals surface area contributed by atoms with Gasteiger partial charge in [0.25, 0.3) is 11.8 Å². The zero-order chi connectivity index (χ0) is 17.4. The number of hydrogen-bond donors (Lipinski definition) is 2. The molecule has 2 amide bonds. The van der Waals surface area contributed by atoms with Gasteiger partial charge in [-0.3, -0.25) is 15.0 Å². The molecular formula is C16H9Br2ClN2O3. The molecule has 2 N–H and O–H groups in total. The van der Waals surface area contributed by atoms with E-state index in [0.29, 0.717) is 25.2 Å². The normalized spacial score (nSPS) is 16.0. The maximum atomic E-state index is 12.5. The molecule has 1 fully saturated rings. The Morgan fingerprint density at radius 3 is 2.62 bits per heavy atom. The number of phenols is 1. The molecule has 122 valence electrons. The van der Waals surface area contributed by atoms with Gasteiger partial charge in [-0.15, -0.1) is 0 Å². The van der Waals surface area contributed by atoms with E-state index in [1.807, 2.05) is 0 Å². The van der Waals surface area contributed by atoms with Crippen molar-refractivity contribution in [3.05, 3.63) is 61.5 Å². The molecule has 2 aromatic rings. The van der Waals surface area contributed by atoms with Crippen molar-refractivity contribution in [2.75, 3.05) is 5.01 Å². The number of hydrogen-bond acceptors (Lipinski definition) is 3. The maximum Gasteiger partial charge on any atom is 0.282 e. The second kappa shape index (κ2) is 6.58. The number of anilines is 1. The summed E-state index contributed by atoms with van der Waals surface area (Å²) in [7, 11) is 0. The Kier molecular flexibility index (Phi) is 4.67. The molecule has 0 aliphatic carbocycles. The van der Waals surface area contributed by atoms with Crippen molar-refractivity contribution in [3.8, 4) is 5.75 Å². The van der Waals surface area contributed by atoms with E-state index >= 15 is 0 Å². The minimum absolute atomic E-state index is 0.0625. The van der Waals surface area contributed by atoms with Crippen molar-refractivity contribution in [1.29, 1.82) is 0 Å². The number of benzene rings is 2. The fourth-order valence-electron chi connectivity index (χ4n) is 2.21. The Morgan fingerprint density at radius 1 is 1.17 bits per heavy atom. The summed E-state index contributed by atoms with van der Waals surface area (Å²) < 4.78 is 1.14.